The van der Waals surface area contributed by atoms with Crippen molar-refractivity contribution in [2.75, 3.05) is 6.61 Å². The van der Waals surface area contributed by atoms with Gasteiger partial charge in [0.2, 0.25) is 0 Å². The van der Waals surface area contributed by atoms with E-state index in [0.717, 1.165) is 12.1 Å². The second-order valence-electron chi connectivity index (χ2n) is 2.91. The Labute approximate surface area is 100 Å². The van der Waals surface area contributed by atoms with Crippen molar-refractivity contribution in [3.63, 3.8) is 0 Å². The second-order valence-corrected chi connectivity index (χ2v) is 3.35. The maximum absolute atomic E-state index is 12.1. The smallest absolute Gasteiger partial charge is 0.462 e. The van der Waals surface area contributed by atoms with Crippen LogP contribution in [0.25, 0.3) is 0 Å². The summed E-state index contributed by atoms with van der Waals surface area (Å²) in [6.45, 7) is 1.59. The van der Waals surface area contributed by atoms with Crippen molar-refractivity contribution in [3.05, 3.63) is 28.8 Å². The second kappa shape index (κ2) is 5.27. The summed E-state index contributed by atoms with van der Waals surface area (Å²) in [4.78, 5) is 11.4. The highest BCUT2D eigenvalue weighted by Gasteiger charge is 2.33. The highest BCUT2D eigenvalue weighted by Crippen LogP contribution is 2.29. The quantitative estimate of drug-likeness (QED) is 0.788. The van der Waals surface area contributed by atoms with Gasteiger partial charge < -0.3 is 9.47 Å². The normalized spacial score (nSPS) is 11.1. The van der Waals surface area contributed by atoms with Crippen molar-refractivity contribution < 1.29 is 27.4 Å². The zero-order valence-corrected chi connectivity index (χ0v) is 9.43. The molecule has 0 radical (unpaired) electrons. The van der Waals surface area contributed by atoms with Crippen LogP contribution in [0.15, 0.2) is 18.2 Å². The van der Waals surface area contributed by atoms with E-state index >= 15 is 0 Å². The van der Waals surface area contributed by atoms with Gasteiger partial charge in [-0.15, -0.1) is 13.2 Å². The molecule has 17 heavy (non-hydrogen) atoms. The molecule has 0 atom stereocenters. The predicted molar refractivity (Wildman–Crippen MR) is 54.1 cm³/mol. The van der Waals surface area contributed by atoms with Crippen LogP contribution in [-0.2, 0) is 4.74 Å². The molecule has 0 aliphatic rings. The van der Waals surface area contributed by atoms with E-state index in [1.807, 2.05) is 0 Å². The van der Waals surface area contributed by atoms with E-state index in [9.17, 15) is 18.0 Å². The molecule has 0 amide bonds. The Balaban J connectivity index is 3.08. The average molecular weight is 269 g/mol. The third-order valence-electron chi connectivity index (χ3n) is 1.66. The summed E-state index contributed by atoms with van der Waals surface area (Å²) in [5.74, 6) is -1.58. The van der Waals surface area contributed by atoms with Gasteiger partial charge in [0.25, 0.3) is 0 Å². The number of alkyl halides is 3. The van der Waals surface area contributed by atoms with Gasteiger partial charge in [-0.3, -0.25) is 0 Å². The number of carbonyl (C=O) groups is 1. The van der Waals surface area contributed by atoms with Crippen LogP contribution in [0, 0.1) is 0 Å². The van der Waals surface area contributed by atoms with Crippen LogP contribution in [0.2, 0.25) is 5.02 Å². The molecule has 0 heterocycles. The highest BCUT2D eigenvalue weighted by molar-refractivity contribution is 6.30. The van der Waals surface area contributed by atoms with Gasteiger partial charge in [0.15, 0.2) is 0 Å². The molecular formula is C10H8ClF3O3. The fraction of sp³-hybridized carbons (Fsp3) is 0.300. The van der Waals surface area contributed by atoms with Gasteiger partial charge in [-0.1, -0.05) is 11.6 Å². The molecule has 0 saturated carbocycles. The number of hydrogen-bond acceptors (Lipinski definition) is 3. The lowest BCUT2D eigenvalue weighted by atomic mass is 10.2. The van der Waals surface area contributed by atoms with Crippen molar-refractivity contribution in [2.45, 2.75) is 13.3 Å². The third kappa shape index (κ3) is 4.14. The molecule has 1 aromatic rings. The Hall–Kier alpha value is -1.43. The van der Waals surface area contributed by atoms with Crippen LogP contribution in [0.3, 0.4) is 0 Å². The summed E-state index contributed by atoms with van der Waals surface area (Å²) in [6.07, 6.45) is -4.90. The van der Waals surface area contributed by atoms with Crippen molar-refractivity contribution in [3.8, 4) is 5.75 Å². The molecule has 0 fully saturated rings. The first-order valence-corrected chi connectivity index (χ1v) is 4.93. The molecule has 94 valence electrons. The number of halogens is 4. The largest absolute Gasteiger partial charge is 0.573 e. The Kier molecular flexibility index (Phi) is 4.22. The van der Waals surface area contributed by atoms with Crippen LogP contribution in [0.5, 0.6) is 5.75 Å². The minimum Gasteiger partial charge on any atom is -0.462 e. The van der Waals surface area contributed by atoms with E-state index in [1.54, 1.807) is 0 Å². The van der Waals surface area contributed by atoms with Crippen molar-refractivity contribution in [1.29, 1.82) is 0 Å². The first-order valence-electron chi connectivity index (χ1n) is 4.56. The van der Waals surface area contributed by atoms with E-state index < -0.39 is 18.1 Å². The molecule has 3 nitrogen and oxygen atoms in total. The van der Waals surface area contributed by atoms with Gasteiger partial charge in [0.05, 0.1) is 6.61 Å². The monoisotopic (exact) mass is 268 g/mol. The third-order valence-corrected chi connectivity index (χ3v) is 1.90. The molecule has 0 spiro atoms. The number of rotatable bonds is 3. The maximum atomic E-state index is 12.1. The fourth-order valence-electron chi connectivity index (χ4n) is 1.08. The molecule has 0 N–H and O–H groups in total. The lowest BCUT2D eigenvalue weighted by Crippen LogP contribution is -2.19. The van der Waals surface area contributed by atoms with Gasteiger partial charge in [0, 0.05) is 11.1 Å². The summed E-state index contributed by atoms with van der Waals surface area (Å²) >= 11 is 5.53. The number of hydrogen-bond donors (Lipinski definition) is 0. The standard InChI is InChI=1S/C10H8ClF3O3/c1-2-16-9(15)7-4-3-6(11)5-8(7)17-10(12,13)14/h3-5H,2H2,1H3. The Morgan fingerprint density at radius 3 is 2.59 bits per heavy atom. The fourth-order valence-corrected chi connectivity index (χ4v) is 1.24. The Bertz CT molecular complexity index is 418. The number of benzene rings is 1. The minimum atomic E-state index is -4.90. The van der Waals surface area contributed by atoms with E-state index in [1.165, 1.54) is 13.0 Å². The zero-order chi connectivity index (χ0) is 13.1. The van der Waals surface area contributed by atoms with Crippen molar-refractivity contribution in [1.82, 2.24) is 0 Å². The summed E-state index contributed by atoms with van der Waals surface area (Å²) in [5.41, 5.74) is -0.325. The molecule has 0 aliphatic carbocycles. The average Bonchev–Trinajstić information content (AvgIpc) is 2.15. The summed E-state index contributed by atoms with van der Waals surface area (Å²) < 4.78 is 44.5. The van der Waals surface area contributed by atoms with Crippen LogP contribution >= 0.6 is 11.6 Å². The Morgan fingerprint density at radius 1 is 1.41 bits per heavy atom. The molecule has 0 saturated heterocycles. The van der Waals surface area contributed by atoms with E-state index in [-0.39, 0.29) is 17.2 Å². The predicted octanol–water partition coefficient (Wildman–Crippen LogP) is 3.42. The first-order chi connectivity index (χ1) is 7.83. The summed E-state index contributed by atoms with van der Waals surface area (Å²) in [6, 6.07) is 3.29. The first kappa shape index (κ1) is 13.6. The van der Waals surface area contributed by atoms with E-state index in [0.29, 0.717) is 0 Å². The molecule has 1 rings (SSSR count). The van der Waals surface area contributed by atoms with Gasteiger partial charge in [-0.2, -0.15) is 0 Å². The zero-order valence-electron chi connectivity index (χ0n) is 8.68. The molecular weight excluding hydrogens is 261 g/mol. The lowest BCUT2D eigenvalue weighted by molar-refractivity contribution is -0.274. The molecule has 0 aromatic heterocycles. The summed E-state index contributed by atoms with van der Waals surface area (Å²) in [7, 11) is 0. The molecule has 0 aliphatic heterocycles. The molecule has 1 aromatic carbocycles. The van der Waals surface area contributed by atoms with E-state index in [4.69, 9.17) is 11.6 Å². The van der Waals surface area contributed by atoms with Crippen molar-refractivity contribution >= 4 is 17.6 Å². The van der Waals surface area contributed by atoms with Crippen LogP contribution in [0.1, 0.15) is 17.3 Å². The van der Waals surface area contributed by atoms with Gasteiger partial charge in [0.1, 0.15) is 11.3 Å². The molecule has 0 unspecified atom stereocenters. The van der Waals surface area contributed by atoms with Crippen LogP contribution in [0.4, 0.5) is 13.2 Å². The number of carbonyl (C=O) groups excluding carboxylic acids is 1. The topological polar surface area (TPSA) is 35.5 Å². The molecule has 7 heteroatoms. The van der Waals surface area contributed by atoms with Gasteiger partial charge in [-0.05, 0) is 19.1 Å². The van der Waals surface area contributed by atoms with Crippen LogP contribution in [-0.4, -0.2) is 18.9 Å². The van der Waals surface area contributed by atoms with Gasteiger partial charge >= 0.3 is 12.3 Å². The SMILES string of the molecule is CCOC(=O)c1ccc(Cl)cc1OC(F)(F)F. The van der Waals surface area contributed by atoms with Gasteiger partial charge in [-0.25, -0.2) is 4.79 Å². The lowest BCUT2D eigenvalue weighted by Gasteiger charge is -2.12. The van der Waals surface area contributed by atoms with Crippen molar-refractivity contribution in [2.24, 2.45) is 0 Å². The minimum absolute atomic E-state index is 0.0253. The van der Waals surface area contributed by atoms with Crippen LogP contribution < -0.4 is 4.74 Å². The maximum Gasteiger partial charge on any atom is 0.573 e. The highest BCUT2D eigenvalue weighted by atomic mass is 35.5. The number of esters is 1. The number of ether oxygens (including phenoxy) is 2. The molecule has 0 bridgehead atoms. The Morgan fingerprint density at radius 2 is 2.06 bits per heavy atom. The summed E-state index contributed by atoms with van der Waals surface area (Å²) in [5, 5.41) is 0.0253. The van der Waals surface area contributed by atoms with E-state index in [2.05, 4.69) is 9.47 Å².